The summed E-state index contributed by atoms with van der Waals surface area (Å²) in [6.45, 7) is 3.80. The summed E-state index contributed by atoms with van der Waals surface area (Å²) < 4.78 is 0. The first-order valence-corrected chi connectivity index (χ1v) is 6.25. The van der Waals surface area contributed by atoms with Crippen molar-refractivity contribution in [2.24, 2.45) is 11.7 Å². The average Bonchev–Trinajstić information content (AvgIpc) is 2.37. The fourth-order valence-corrected chi connectivity index (χ4v) is 1.77. The quantitative estimate of drug-likeness (QED) is 0.722. The summed E-state index contributed by atoms with van der Waals surface area (Å²) in [5.74, 6) is -1.34. The van der Waals surface area contributed by atoms with Crippen LogP contribution >= 0.6 is 0 Å². The lowest BCUT2D eigenvalue weighted by atomic mass is 10.0. The summed E-state index contributed by atoms with van der Waals surface area (Å²) in [5.41, 5.74) is 6.47. The molecule has 0 bridgehead atoms. The minimum absolute atomic E-state index is 0.175. The maximum absolute atomic E-state index is 11.9. The second kappa shape index (κ2) is 6.89. The number of rotatable bonds is 6. The van der Waals surface area contributed by atoms with Gasteiger partial charge in [-0.3, -0.25) is 4.79 Å². The van der Waals surface area contributed by atoms with Crippen LogP contribution in [0.2, 0.25) is 0 Å². The molecule has 0 spiro atoms. The molecule has 1 aromatic rings. The van der Waals surface area contributed by atoms with E-state index in [9.17, 15) is 9.59 Å². The molecular weight excluding hydrogens is 244 g/mol. The van der Waals surface area contributed by atoms with Crippen LogP contribution in [0.4, 0.5) is 0 Å². The van der Waals surface area contributed by atoms with E-state index in [2.05, 4.69) is 5.32 Å². The number of carboxylic acids is 1. The van der Waals surface area contributed by atoms with Crippen LogP contribution in [-0.4, -0.2) is 23.0 Å². The predicted octanol–water partition coefficient (Wildman–Crippen LogP) is 1.30. The van der Waals surface area contributed by atoms with Gasteiger partial charge in [-0.05, 0) is 17.9 Å². The molecule has 19 heavy (non-hydrogen) atoms. The van der Waals surface area contributed by atoms with Gasteiger partial charge in [-0.25, -0.2) is 4.79 Å². The molecule has 0 aliphatic carbocycles. The molecule has 0 saturated heterocycles. The molecule has 1 rings (SSSR count). The van der Waals surface area contributed by atoms with Crippen molar-refractivity contribution in [1.82, 2.24) is 5.32 Å². The van der Waals surface area contributed by atoms with Gasteiger partial charge in [0.1, 0.15) is 12.1 Å². The van der Waals surface area contributed by atoms with E-state index in [1.165, 1.54) is 0 Å². The lowest BCUT2D eigenvalue weighted by molar-refractivity contribution is -0.142. The average molecular weight is 264 g/mol. The second-order valence-corrected chi connectivity index (χ2v) is 4.92. The van der Waals surface area contributed by atoms with Gasteiger partial charge >= 0.3 is 5.97 Å². The van der Waals surface area contributed by atoms with Gasteiger partial charge in [-0.1, -0.05) is 44.2 Å². The summed E-state index contributed by atoms with van der Waals surface area (Å²) in [6.07, 6.45) is 0.378. The third-order valence-corrected chi connectivity index (χ3v) is 2.76. The number of aliphatic carboxylic acids is 1. The fraction of sp³-hybridized carbons (Fsp3) is 0.429. The summed E-state index contributed by atoms with van der Waals surface area (Å²) in [7, 11) is 0. The molecule has 0 saturated carbocycles. The molecule has 0 aromatic heterocycles. The zero-order valence-electron chi connectivity index (χ0n) is 11.2. The summed E-state index contributed by atoms with van der Waals surface area (Å²) in [5, 5.41) is 11.6. The monoisotopic (exact) mass is 264 g/mol. The van der Waals surface area contributed by atoms with Crippen LogP contribution in [0, 0.1) is 5.92 Å². The van der Waals surface area contributed by atoms with Crippen molar-refractivity contribution < 1.29 is 14.7 Å². The lowest BCUT2D eigenvalue weighted by Crippen LogP contribution is -2.45. The van der Waals surface area contributed by atoms with Crippen LogP contribution in [-0.2, 0) is 9.59 Å². The number of amides is 1. The van der Waals surface area contributed by atoms with Crippen LogP contribution in [0.25, 0.3) is 0 Å². The van der Waals surface area contributed by atoms with Crippen molar-refractivity contribution in [2.45, 2.75) is 32.4 Å². The lowest BCUT2D eigenvalue weighted by Gasteiger charge is -2.19. The van der Waals surface area contributed by atoms with Gasteiger partial charge in [0.05, 0.1) is 0 Å². The van der Waals surface area contributed by atoms with Crippen molar-refractivity contribution >= 4 is 11.9 Å². The van der Waals surface area contributed by atoms with E-state index in [0.29, 0.717) is 12.0 Å². The molecule has 1 aromatic carbocycles. The molecule has 0 fully saturated rings. The van der Waals surface area contributed by atoms with Gasteiger partial charge < -0.3 is 16.2 Å². The fourth-order valence-electron chi connectivity index (χ4n) is 1.77. The van der Waals surface area contributed by atoms with Crippen LogP contribution in [0.5, 0.6) is 0 Å². The molecule has 0 aliphatic rings. The van der Waals surface area contributed by atoms with Crippen LogP contribution in [0.1, 0.15) is 31.9 Å². The van der Waals surface area contributed by atoms with Gasteiger partial charge in [0.2, 0.25) is 5.91 Å². The minimum atomic E-state index is -1.04. The highest BCUT2D eigenvalue weighted by atomic mass is 16.4. The Bertz CT molecular complexity index is 432. The molecule has 1 amide bonds. The van der Waals surface area contributed by atoms with Gasteiger partial charge in [0, 0.05) is 0 Å². The smallest absolute Gasteiger partial charge is 0.326 e. The largest absolute Gasteiger partial charge is 0.480 e. The van der Waals surface area contributed by atoms with Crippen LogP contribution in [0.3, 0.4) is 0 Å². The highest BCUT2D eigenvalue weighted by Gasteiger charge is 2.24. The molecule has 104 valence electrons. The number of hydrogen-bond donors (Lipinski definition) is 3. The van der Waals surface area contributed by atoms with E-state index in [0.717, 1.165) is 0 Å². The number of hydrogen-bond acceptors (Lipinski definition) is 3. The zero-order chi connectivity index (χ0) is 14.4. The van der Waals surface area contributed by atoms with Gasteiger partial charge in [0.15, 0.2) is 0 Å². The van der Waals surface area contributed by atoms with E-state index in [-0.39, 0.29) is 5.92 Å². The Morgan fingerprint density at radius 2 is 1.84 bits per heavy atom. The first-order valence-electron chi connectivity index (χ1n) is 6.25. The number of benzene rings is 1. The number of nitrogens with two attached hydrogens (primary N) is 1. The third kappa shape index (κ3) is 4.71. The van der Waals surface area contributed by atoms with E-state index in [1.54, 1.807) is 24.3 Å². The standard InChI is InChI=1S/C14H20N2O3/c1-9(2)8-11(14(18)19)16-13(17)12(15)10-6-4-3-5-7-10/h3-7,9,11-12H,8,15H2,1-2H3,(H,16,17)(H,18,19)/t11-,12+/m0/s1. The van der Waals surface area contributed by atoms with Gasteiger partial charge in [-0.15, -0.1) is 0 Å². The van der Waals surface area contributed by atoms with Crippen molar-refractivity contribution in [1.29, 1.82) is 0 Å². The first kappa shape index (κ1) is 15.2. The molecule has 5 heteroatoms. The minimum Gasteiger partial charge on any atom is -0.480 e. The Hall–Kier alpha value is -1.88. The Morgan fingerprint density at radius 1 is 1.26 bits per heavy atom. The summed E-state index contributed by atoms with van der Waals surface area (Å²) in [6, 6.07) is 7.12. The summed E-state index contributed by atoms with van der Waals surface area (Å²) in [4.78, 5) is 23.0. The van der Waals surface area contributed by atoms with Crippen molar-refractivity contribution in [3.8, 4) is 0 Å². The molecule has 0 aliphatic heterocycles. The molecule has 4 N–H and O–H groups in total. The maximum atomic E-state index is 11.9. The number of carbonyl (C=O) groups excluding carboxylic acids is 1. The van der Waals surface area contributed by atoms with Gasteiger partial charge in [-0.2, -0.15) is 0 Å². The van der Waals surface area contributed by atoms with E-state index >= 15 is 0 Å². The number of carbonyl (C=O) groups is 2. The second-order valence-electron chi connectivity index (χ2n) is 4.92. The van der Waals surface area contributed by atoms with Gasteiger partial charge in [0.25, 0.3) is 0 Å². The highest BCUT2D eigenvalue weighted by Crippen LogP contribution is 2.11. The number of nitrogens with one attached hydrogen (secondary N) is 1. The van der Waals surface area contributed by atoms with E-state index < -0.39 is 24.0 Å². The summed E-state index contributed by atoms with van der Waals surface area (Å²) >= 11 is 0. The van der Waals surface area contributed by atoms with E-state index in [1.807, 2.05) is 19.9 Å². The maximum Gasteiger partial charge on any atom is 0.326 e. The Kier molecular flexibility index (Phi) is 5.51. The molecule has 2 atom stereocenters. The zero-order valence-corrected chi connectivity index (χ0v) is 11.2. The van der Waals surface area contributed by atoms with E-state index in [4.69, 9.17) is 10.8 Å². The molecule has 0 unspecified atom stereocenters. The first-order chi connectivity index (χ1) is 8.91. The SMILES string of the molecule is CC(C)C[C@H](NC(=O)[C@H](N)c1ccccc1)C(=O)O. The topological polar surface area (TPSA) is 92.4 Å². The molecule has 0 radical (unpaired) electrons. The number of carboxylic acid groups (broad SMARTS) is 1. The van der Waals surface area contributed by atoms with Crippen LogP contribution in [0.15, 0.2) is 30.3 Å². The normalized spacial score (nSPS) is 13.9. The van der Waals surface area contributed by atoms with Crippen molar-refractivity contribution in [3.05, 3.63) is 35.9 Å². The third-order valence-electron chi connectivity index (χ3n) is 2.76. The highest BCUT2D eigenvalue weighted by molar-refractivity contribution is 5.87. The predicted molar refractivity (Wildman–Crippen MR) is 72.4 cm³/mol. The molecular formula is C14H20N2O3. The van der Waals surface area contributed by atoms with Crippen LogP contribution < -0.4 is 11.1 Å². The van der Waals surface area contributed by atoms with Crippen molar-refractivity contribution in [3.63, 3.8) is 0 Å². The Morgan fingerprint density at radius 3 is 2.32 bits per heavy atom. The Labute approximate surface area is 112 Å². The van der Waals surface area contributed by atoms with Crippen molar-refractivity contribution in [2.75, 3.05) is 0 Å². The molecule has 5 nitrogen and oxygen atoms in total. The Balaban J connectivity index is 2.69. The molecule has 0 heterocycles.